The van der Waals surface area contributed by atoms with Crippen LogP contribution >= 0.6 is 7.82 Å². The highest BCUT2D eigenvalue weighted by atomic mass is 31.2. The largest absolute Gasteiger partial charge is 0.472 e. The van der Waals surface area contributed by atoms with Crippen molar-refractivity contribution in [1.29, 1.82) is 0 Å². The molecule has 0 bridgehead atoms. The number of quaternary nitrogens is 1. The molecule has 0 rings (SSSR count). The second kappa shape index (κ2) is 35.2. The van der Waals surface area contributed by atoms with E-state index < -0.39 is 20.0 Å². The first-order chi connectivity index (χ1) is 25.0. The second-order valence-corrected chi connectivity index (χ2v) is 16.8. The number of unbranched alkanes of at least 4 members (excludes halogenated alkanes) is 18. The number of hydrogen-bond donors (Lipinski definition) is 3. The molecule has 304 valence electrons. The number of rotatable bonds is 37. The van der Waals surface area contributed by atoms with Crippen LogP contribution in [0.3, 0.4) is 0 Å². The van der Waals surface area contributed by atoms with E-state index in [2.05, 4.69) is 55.6 Å². The standard InChI is InChI=1S/C43H81N2O6P/c1-6-8-10-12-14-16-18-20-22-24-26-28-30-32-34-36-42(46)41(40-51-52(48,49)50-39-38-45(3,4)5)44-43(47)37-35-33-31-29-27-25-23-21-19-17-15-13-11-9-7-2/h15,17,21,23,26,28,34,36,41-42,46H,6-14,16,18-20,22,24-25,27,29-33,35,37-40H2,1-5H3,(H-,44,47,48,49)/p+1/b17-15+,23-21+,28-26+,36-34+/t41-,42+/m0/s1. The zero-order valence-corrected chi connectivity index (χ0v) is 35.2. The van der Waals surface area contributed by atoms with Gasteiger partial charge >= 0.3 is 7.82 Å². The Bertz CT molecular complexity index is 991. The Morgan fingerprint density at radius 2 is 1.12 bits per heavy atom. The van der Waals surface area contributed by atoms with E-state index in [1.54, 1.807) is 6.08 Å². The van der Waals surface area contributed by atoms with Crippen molar-refractivity contribution in [2.24, 2.45) is 0 Å². The van der Waals surface area contributed by atoms with Crippen LogP contribution in [0.15, 0.2) is 48.6 Å². The van der Waals surface area contributed by atoms with Gasteiger partial charge in [-0.15, -0.1) is 0 Å². The zero-order valence-electron chi connectivity index (χ0n) is 34.3. The monoisotopic (exact) mass is 754 g/mol. The van der Waals surface area contributed by atoms with Gasteiger partial charge < -0.3 is 19.8 Å². The van der Waals surface area contributed by atoms with Gasteiger partial charge in [-0.2, -0.15) is 0 Å². The molecule has 52 heavy (non-hydrogen) atoms. The lowest BCUT2D eigenvalue weighted by atomic mass is 10.1. The summed E-state index contributed by atoms with van der Waals surface area (Å²) in [4.78, 5) is 23.0. The fourth-order valence-electron chi connectivity index (χ4n) is 5.61. The third-order valence-electron chi connectivity index (χ3n) is 9.02. The predicted molar refractivity (Wildman–Crippen MR) is 221 cm³/mol. The molecule has 0 aromatic carbocycles. The molecule has 1 unspecified atom stereocenters. The number of nitrogens with zero attached hydrogens (tertiary/aromatic N) is 1. The maximum atomic E-state index is 12.8. The fourth-order valence-corrected chi connectivity index (χ4v) is 6.35. The van der Waals surface area contributed by atoms with Gasteiger partial charge in [0.05, 0.1) is 39.9 Å². The third kappa shape index (κ3) is 36.8. The quantitative estimate of drug-likeness (QED) is 0.0252. The van der Waals surface area contributed by atoms with Crippen LogP contribution in [0.2, 0.25) is 0 Å². The van der Waals surface area contributed by atoms with Gasteiger partial charge in [0.1, 0.15) is 13.2 Å². The Labute approximate surface area is 320 Å². The summed E-state index contributed by atoms with van der Waals surface area (Å²) in [6, 6.07) is -0.869. The highest BCUT2D eigenvalue weighted by Crippen LogP contribution is 2.43. The Balaban J connectivity index is 4.57. The summed E-state index contributed by atoms with van der Waals surface area (Å²) in [6.45, 7) is 4.73. The van der Waals surface area contributed by atoms with E-state index in [4.69, 9.17) is 9.05 Å². The lowest BCUT2D eigenvalue weighted by molar-refractivity contribution is -0.870. The number of nitrogens with one attached hydrogen (secondary N) is 1. The van der Waals surface area contributed by atoms with Crippen LogP contribution in [0.1, 0.15) is 168 Å². The molecule has 0 aliphatic heterocycles. The average molecular weight is 754 g/mol. The average Bonchev–Trinajstić information content (AvgIpc) is 3.09. The summed E-state index contributed by atoms with van der Waals surface area (Å²) < 4.78 is 23.5. The van der Waals surface area contributed by atoms with Gasteiger partial charge in [0.2, 0.25) is 5.91 Å². The molecule has 0 radical (unpaired) electrons. The number of likely N-dealkylation sites (N-methyl/N-ethyl adjacent to an activating group) is 1. The van der Waals surface area contributed by atoms with Crippen LogP contribution in [0.4, 0.5) is 0 Å². The second-order valence-electron chi connectivity index (χ2n) is 15.4. The predicted octanol–water partition coefficient (Wildman–Crippen LogP) is 11.3. The number of allylic oxidation sites excluding steroid dienone is 7. The Morgan fingerprint density at radius 1 is 0.654 bits per heavy atom. The van der Waals surface area contributed by atoms with E-state index in [1.165, 1.54) is 83.5 Å². The summed E-state index contributed by atoms with van der Waals surface area (Å²) in [7, 11) is 1.54. The molecule has 9 heteroatoms. The van der Waals surface area contributed by atoms with Gasteiger partial charge in [-0.25, -0.2) is 4.57 Å². The third-order valence-corrected chi connectivity index (χ3v) is 10.0. The van der Waals surface area contributed by atoms with E-state index in [-0.39, 0.29) is 19.1 Å². The number of phosphoric acid groups is 1. The van der Waals surface area contributed by atoms with Gasteiger partial charge in [0.15, 0.2) is 0 Å². The molecule has 1 amide bonds. The van der Waals surface area contributed by atoms with Gasteiger partial charge in [-0.05, 0) is 64.2 Å². The molecule has 3 atom stereocenters. The van der Waals surface area contributed by atoms with Crippen LogP contribution in [0, 0.1) is 0 Å². The summed E-state index contributed by atoms with van der Waals surface area (Å²) >= 11 is 0. The molecule has 0 aliphatic carbocycles. The van der Waals surface area contributed by atoms with Gasteiger partial charge in [-0.3, -0.25) is 13.8 Å². The number of aliphatic hydroxyl groups is 1. The topological polar surface area (TPSA) is 105 Å². The Morgan fingerprint density at radius 3 is 1.69 bits per heavy atom. The highest BCUT2D eigenvalue weighted by Gasteiger charge is 2.27. The van der Waals surface area contributed by atoms with Crippen LogP contribution < -0.4 is 5.32 Å². The molecule has 3 N–H and O–H groups in total. The van der Waals surface area contributed by atoms with Crippen molar-refractivity contribution in [3.8, 4) is 0 Å². The molecule has 0 aromatic rings. The molecule has 0 fully saturated rings. The minimum Gasteiger partial charge on any atom is -0.387 e. The number of amides is 1. The fraction of sp³-hybridized carbons (Fsp3) is 0.791. The lowest BCUT2D eigenvalue weighted by Gasteiger charge is -2.25. The maximum absolute atomic E-state index is 12.8. The molecule has 0 saturated heterocycles. The summed E-state index contributed by atoms with van der Waals surface area (Å²) in [5.41, 5.74) is 0. The Kier molecular flexibility index (Phi) is 34.1. The first-order valence-corrected chi connectivity index (χ1v) is 22.5. The first kappa shape index (κ1) is 50.5. The van der Waals surface area contributed by atoms with Crippen molar-refractivity contribution < 1.29 is 32.9 Å². The molecule has 8 nitrogen and oxygen atoms in total. The summed E-state index contributed by atoms with van der Waals surface area (Å²) in [5, 5.41) is 13.8. The molecule has 0 heterocycles. The summed E-state index contributed by atoms with van der Waals surface area (Å²) in [5.74, 6) is -0.204. The van der Waals surface area contributed by atoms with E-state index in [0.717, 1.165) is 64.2 Å². The SMILES string of the molecule is CCCCC/C=C/C/C=C/CCCCCCCC(=O)N[C@@H](COP(=O)(O)OCC[N+](C)(C)C)[C@H](O)/C=C/CC/C=C/CCCCCCCCCCC. The van der Waals surface area contributed by atoms with Crippen LogP contribution in [-0.4, -0.2) is 73.4 Å². The minimum atomic E-state index is -4.35. The van der Waals surface area contributed by atoms with E-state index in [0.29, 0.717) is 17.4 Å². The summed E-state index contributed by atoms with van der Waals surface area (Å²) in [6.07, 6.45) is 43.2. The van der Waals surface area contributed by atoms with Crippen molar-refractivity contribution in [2.45, 2.75) is 180 Å². The van der Waals surface area contributed by atoms with Crippen LogP contribution in [0.5, 0.6) is 0 Å². The number of aliphatic hydroxyl groups excluding tert-OH is 1. The van der Waals surface area contributed by atoms with Crippen LogP contribution in [0.25, 0.3) is 0 Å². The minimum absolute atomic E-state index is 0.0518. The van der Waals surface area contributed by atoms with Crippen molar-refractivity contribution in [2.75, 3.05) is 40.9 Å². The normalized spacial score (nSPS) is 15.0. The van der Waals surface area contributed by atoms with Crippen molar-refractivity contribution in [3.05, 3.63) is 48.6 Å². The molecule has 0 spiro atoms. The van der Waals surface area contributed by atoms with Crippen LogP contribution in [-0.2, 0) is 18.4 Å². The highest BCUT2D eigenvalue weighted by molar-refractivity contribution is 7.47. The molecule has 0 aromatic heterocycles. The zero-order chi connectivity index (χ0) is 38.6. The number of phosphoric ester groups is 1. The molecular formula is C43H82N2O6P+. The maximum Gasteiger partial charge on any atom is 0.472 e. The smallest absolute Gasteiger partial charge is 0.387 e. The first-order valence-electron chi connectivity index (χ1n) is 21.0. The number of hydrogen-bond acceptors (Lipinski definition) is 5. The van der Waals surface area contributed by atoms with Crippen molar-refractivity contribution in [1.82, 2.24) is 5.32 Å². The van der Waals surface area contributed by atoms with E-state index in [9.17, 15) is 19.4 Å². The van der Waals surface area contributed by atoms with Gasteiger partial charge in [0, 0.05) is 6.42 Å². The lowest BCUT2D eigenvalue weighted by Crippen LogP contribution is -2.45. The number of carbonyl (C=O) groups excluding carboxylic acids is 1. The molecular weight excluding hydrogens is 671 g/mol. The van der Waals surface area contributed by atoms with Gasteiger partial charge in [-0.1, -0.05) is 146 Å². The Hall–Kier alpha value is -1.54. The molecule has 0 saturated carbocycles. The van der Waals surface area contributed by atoms with E-state index >= 15 is 0 Å². The van der Waals surface area contributed by atoms with Gasteiger partial charge in [0.25, 0.3) is 0 Å². The van der Waals surface area contributed by atoms with Crippen molar-refractivity contribution >= 4 is 13.7 Å². The van der Waals surface area contributed by atoms with Crippen molar-refractivity contribution in [3.63, 3.8) is 0 Å². The van der Waals surface area contributed by atoms with E-state index in [1.807, 2.05) is 27.2 Å². The number of carbonyl (C=O) groups is 1. The molecule has 0 aliphatic rings.